The van der Waals surface area contributed by atoms with Gasteiger partial charge in [0.1, 0.15) is 22.2 Å². The molecule has 0 aliphatic heterocycles. The average molecular weight is 396 g/mol. The van der Waals surface area contributed by atoms with Gasteiger partial charge < -0.3 is 15.2 Å². The first kappa shape index (κ1) is 19.6. The lowest BCUT2D eigenvalue weighted by Crippen LogP contribution is -2.29. The standard InChI is InChI=1S/C21H20N2O4S/c1-14-20(21(25)26)28-19(23-14)13-18(24)22-11-12-27-17-9-7-16(8-10-17)15-5-3-2-4-6-15/h2-10H,11-13H2,1H3,(H,22,24)(H,25,26). The van der Waals surface area contributed by atoms with Gasteiger partial charge in [0, 0.05) is 0 Å². The minimum atomic E-state index is -1.02. The summed E-state index contributed by atoms with van der Waals surface area (Å²) >= 11 is 1.03. The molecule has 1 aromatic heterocycles. The molecule has 2 N–H and O–H groups in total. The predicted octanol–water partition coefficient (Wildman–Crippen LogP) is 3.55. The third kappa shape index (κ3) is 5.17. The van der Waals surface area contributed by atoms with Gasteiger partial charge in [-0.25, -0.2) is 9.78 Å². The van der Waals surface area contributed by atoms with E-state index in [4.69, 9.17) is 9.84 Å². The SMILES string of the molecule is Cc1nc(CC(=O)NCCOc2ccc(-c3ccccc3)cc2)sc1C(=O)O. The molecule has 7 heteroatoms. The van der Waals surface area contributed by atoms with Crippen molar-refractivity contribution in [3.8, 4) is 16.9 Å². The van der Waals surface area contributed by atoms with Crippen molar-refractivity contribution in [3.63, 3.8) is 0 Å². The van der Waals surface area contributed by atoms with Crippen molar-refractivity contribution in [3.05, 3.63) is 70.2 Å². The van der Waals surface area contributed by atoms with Gasteiger partial charge in [0.2, 0.25) is 5.91 Å². The number of aromatic nitrogens is 1. The molecule has 0 spiro atoms. The fourth-order valence-electron chi connectivity index (χ4n) is 2.66. The van der Waals surface area contributed by atoms with Crippen molar-refractivity contribution < 1.29 is 19.4 Å². The molecule has 0 saturated carbocycles. The third-order valence-corrected chi connectivity index (χ3v) is 5.15. The van der Waals surface area contributed by atoms with Crippen molar-refractivity contribution in [2.45, 2.75) is 13.3 Å². The molecular formula is C21H20N2O4S. The zero-order valence-corrected chi connectivity index (χ0v) is 16.2. The molecule has 0 radical (unpaired) electrons. The number of hydrogen-bond acceptors (Lipinski definition) is 5. The van der Waals surface area contributed by atoms with E-state index in [9.17, 15) is 9.59 Å². The molecule has 2 aromatic carbocycles. The first-order valence-electron chi connectivity index (χ1n) is 8.77. The number of benzene rings is 2. The summed E-state index contributed by atoms with van der Waals surface area (Å²) in [6.07, 6.45) is 0.0601. The maximum Gasteiger partial charge on any atom is 0.347 e. The molecule has 0 aliphatic carbocycles. The normalized spacial score (nSPS) is 10.5. The monoisotopic (exact) mass is 396 g/mol. The van der Waals surface area contributed by atoms with Crippen LogP contribution in [0.5, 0.6) is 5.75 Å². The predicted molar refractivity (Wildman–Crippen MR) is 108 cm³/mol. The Balaban J connectivity index is 1.42. The Morgan fingerprint density at radius 3 is 2.39 bits per heavy atom. The highest BCUT2D eigenvalue weighted by atomic mass is 32.1. The Morgan fingerprint density at radius 2 is 1.75 bits per heavy atom. The van der Waals surface area contributed by atoms with E-state index in [1.807, 2.05) is 42.5 Å². The molecule has 0 saturated heterocycles. The maximum atomic E-state index is 12.0. The number of amides is 1. The number of ether oxygens (including phenoxy) is 1. The summed E-state index contributed by atoms with van der Waals surface area (Å²) in [6.45, 7) is 2.32. The lowest BCUT2D eigenvalue weighted by molar-refractivity contribution is -0.120. The number of rotatable bonds is 8. The number of hydrogen-bond donors (Lipinski definition) is 2. The summed E-state index contributed by atoms with van der Waals surface area (Å²) in [5, 5.41) is 12.3. The molecule has 144 valence electrons. The molecular weight excluding hydrogens is 376 g/mol. The summed E-state index contributed by atoms with van der Waals surface area (Å²) in [5.41, 5.74) is 2.69. The molecule has 1 amide bonds. The molecule has 6 nitrogen and oxygen atoms in total. The molecule has 0 bridgehead atoms. The lowest BCUT2D eigenvalue weighted by Gasteiger charge is -2.08. The second-order valence-corrected chi connectivity index (χ2v) is 7.18. The van der Waals surface area contributed by atoms with Crippen molar-refractivity contribution >= 4 is 23.2 Å². The van der Waals surface area contributed by atoms with Crippen LogP contribution < -0.4 is 10.1 Å². The summed E-state index contributed by atoms with van der Waals surface area (Å²) in [5.74, 6) is -0.502. The van der Waals surface area contributed by atoms with Crippen LogP contribution in [0.2, 0.25) is 0 Å². The van der Waals surface area contributed by atoms with Gasteiger partial charge in [-0.15, -0.1) is 11.3 Å². The maximum absolute atomic E-state index is 12.0. The van der Waals surface area contributed by atoms with Gasteiger partial charge in [0.25, 0.3) is 0 Å². The highest BCUT2D eigenvalue weighted by molar-refractivity contribution is 7.13. The van der Waals surface area contributed by atoms with Gasteiger partial charge in [-0.2, -0.15) is 0 Å². The average Bonchev–Trinajstić information content (AvgIpc) is 3.07. The van der Waals surface area contributed by atoms with E-state index in [1.54, 1.807) is 6.92 Å². The molecule has 3 rings (SSSR count). The number of nitrogens with one attached hydrogen (secondary N) is 1. The number of carbonyl (C=O) groups is 2. The molecule has 3 aromatic rings. The summed E-state index contributed by atoms with van der Waals surface area (Å²) < 4.78 is 5.65. The van der Waals surface area contributed by atoms with Crippen LogP contribution in [0, 0.1) is 6.92 Å². The second-order valence-electron chi connectivity index (χ2n) is 6.09. The van der Waals surface area contributed by atoms with Crippen LogP contribution in [0.1, 0.15) is 20.4 Å². The van der Waals surface area contributed by atoms with Crippen LogP contribution in [0.4, 0.5) is 0 Å². The second kappa shape index (κ2) is 9.14. The molecule has 0 atom stereocenters. The van der Waals surface area contributed by atoms with E-state index >= 15 is 0 Å². The zero-order valence-electron chi connectivity index (χ0n) is 15.3. The van der Waals surface area contributed by atoms with E-state index in [1.165, 1.54) is 0 Å². The van der Waals surface area contributed by atoms with Crippen LogP contribution >= 0.6 is 11.3 Å². The highest BCUT2D eigenvalue weighted by Crippen LogP contribution is 2.22. The number of aryl methyl sites for hydroxylation is 1. The number of carboxylic acids is 1. The summed E-state index contributed by atoms with van der Waals surface area (Å²) in [4.78, 5) is 27.3. The van der Waals surface area contributed by atoms with Crippen LogP contribution in [-0.4, -0.2) is 35.1 Å². The van der Waals surface area contributed by atoms with E-state index < -0.39 is 5.97 Å². The van der Waals surface area contributed by atoms with Gasteiger partial charge in [-0.1, -0.05) is 42.5 Å². The Hall–Kier alpha value is -3.19. The molecule has 0 unspecified atom stereocenters. The summed E-state index contributed by atoms with van der Waals surface area (Å²) in [7, 11) is 0. The fraction of sp³-hybridized carbons (Fsp3) is 0.190. The van der Waals surface area contributed by atoms with Crippen LogP contribution in [0.3, 0.4) is 0 Å². The van der Waals surface area contributed by atoms with Crippen LogP contribution in [-0.2, 0) is 11.2 Å². The fourth-order valence-corrected chi connectivity index (χ4v) is 3.56. The van der Waals surface area contributed by atoms with Gasteiger partial charge in [0.05, 0.1) is 18.7 Å². The summed E-state index contributed by atoms with van der Waals surface area (Å²) in [6, 6.07) is 17.9. The molecule has 28 heavy (non-hydrogen) atoms. The Bertz CT molecular complexity index is 952. The number of carbonyl (C=O) groups excluding carboxylic acids is 1. The lowest BCUT2D eigenvalue weighted by atomic mass is 10.1. The Kier molecular flexibility index (Phi) is 6.39. The van der Waals surface area contributed by atoms with Gasteiger partial charge in [0.15, 0.2) is 0 Å². The topological polar surface area (TPSA) is 88.5 Å². The molecule has 1 heterocycles. The van der Waals surface area contributed by atoms with E-state index in [-0.39, 0.29) is 17.2 Å². The smallest absolute Gasteiger partial charge is 0.347 e. The van der Waals surface area contributed by atoms with Crippen molar-refractivity contribution in [2.24, 2.45) is 0 Å². The zero-order chi connectivity index (χ0) is 19.9. The Labute approximate surface area is 166 Å². The van der Waals surface area contributed by atoms with Crippen LogP contribution in [0.15, 0.2) is 54.6 Å². The number of aromatic carboxylic acids is 1. The van der Waals surface area contributed by atoms with Crippen molar-refractivity contribution in [1.82, 2.24) is 10.3 Å². The molecule has 0 fully saturated rings. The van der Waals surface area contributed by atoms with Gasteiger partial charge >= 0.3 is 5.97 Å². The largest absolute Gasteiger partial charge is 0.492 e. The minimum Gasteiger partial charge on any atom is -0.492 e. The van der Waals surface area contributed by atoms with Gasteiger partial charge in [-0.05, 0) is 30.2 Å². The number of thiazole rings is 1. The van der Waals surface area contributed by atoms with E-state index in [0.717, 1.165) is 28.2 Å². The van der Waals surface area contributed by atoms with E-state index in [2.05, 4.69) is 22.4 Å². The quantitative estimate of drug-likeness (QED) is 0.569. The van der Waals surface area contributed by atoms with Crippen LogP contribution in [0.25, 0.3) is 11.1 Å². The first-order valence-corrected chi connectivity index (χ1v) is 9.59. The third-order valence-electron chi connectivity index (χ3n) is 4.00. The minimum absolute atomic E-state index is 0.0601. The first-order chi connectivity index (χ1) is 13.5. The van der Waals surface area contributed by atoms with Gasteiger partial charge in [-0.3, -0.25) is 4.79 Å². The highest BCUT2D eigenvalue weighted by Gasteiger charge is 2.15. The number of carboxylic acid groups (broad SMARTS) is 1. The number of nitrogens with zero attached hydrogens (tertiary/aromatic N) is 1. The van der Waals surface area contributed by atoms with Crippen molar-refractivity contribution in [1.29, 1.82) is 0 Å². The van der Waals surface area contributed by atoms with Crippen molar-refractivity contribution in [2.75, 3.05) is 13.2 Å². The van der Waals surface area contributed by atoms with E-state index in [0.29, 0.717) is 23.9 Å². The Morgan fingerprint density at radius 1 is 1.07 bits per heavy atom. The molecule has 0 aliphatic rings.